The molecule has 2 N–H and O–H groups in total. The van der Waals surface area contributed by atoms with Crippen molar-refractivity contribution >= 4 is 17.5 Å². The van der Waals surface area contributed by atoms with Crippen LogP contribution in [0.3, 0.4) is 0 Å². The summed E-state index contributed by atoms with van der Waals surface area (Å²) in [5.74, 6) is 2.80. The van der Waals surface area contributed by atoms with E-state index in [4.69, 9.17) is 10.00 Å². The molecule has 4 aliphatic rings. The Morgan fingerprint density at radius 2 is 1.68 bits per heavy atom. The fourth-order valence-electron chi connectivity index (χ4n) is 6.85. The van der Waals surface area contributed by atoms with Crippen LogP contribution in [0, 0.1) is 34.5 Å². The number of hydrogen-bond donors (Lipinski definition) is 2. The van der Waals surface area contributed by atoms with Crippen LogP contribution in [0.2, 0.25) is 0 Å². The highest BCUT2D eigenvalue weighted by Crippen LogP contribution is 2.61. The van der Waals surface area contributed by atoms with E-state index in [0.29, 0.717) is 30.0 Å². The Morgan fingerprint density at radius 1 is 0.971 bits per heavy atom. The van der Waals surface area contributed by atoms with E-state index >= 15 is 0 Å². The molecule has 0 atom stereocenters. The Hall–Kier alpha value is -3.33. The monoisotopic (exact) mass is 457 g/mol. The number of anilines is 1. The number of benzene rings is 2. The normalized spacial score (nSPS) is 26.5. The number of carbonyl (C=O) groups excluding carboxylic acids is 2. The Balaban J connectivity index is 1.09. The van der Waals surface area contributed by atoms with Crippen molar-refractivity contribution in [3.63, 3.8) is 0 Å². The SMILES string of the molecule is N#Cc1cccc(COc2cccc(NC(=O)CNC(=O)CC34CC5CC(CC(C5)C3)C4)c2)c1. The van der Waals surface area contributed by atoms with E-state index in [9.17, 15) is 9.59 Å². The molecule has 0 aromatic heterocycles. The molecule has 0 spiro atoms. The summed E-state index contributed by atoms with van der Waals surface area (Å²) in [6, 6.07) is 16.6. The molecule has 0 heterocycles. The van der Waals surface area contributed by atoms with Crippen LogP contribution >= 0.6 is 0 Å². The maximum absolute atomic E-state index is 12.7. The number of amides is 2. The Morgan fingerprint density at radius 3 is 2.38 bits per heavy atom. The van der Waals surface area contributed by atoms with Gasteiger partial charge in [0.1, 0.15) is 12.4 Å². The maximum atomic E-state index is 12.7. The van der Waals surface area contributed by atoms with Gasteiger partial charge in [0, 0.05) is 18.2 Å². The first-order valence-corrected chi connectivity index (χ1v) is 12.3. The maximum Gasteiger partial charge on any atom is 0.243 e. The lowest BCUT2D eigenvalue weighted by molar-refractivity contribution is -0.131. The zero-order valence-electron chi connectivity index (χ0n) is 19.4. The molecule has 4 saturated carbocycles. The van der Waals surface area contributed by atoms with Crippen molar-refractivity contribution in [2.75, 3.05) is 11.9 Å². The van der Waals surface area contributed by atoms with Gasteiger partial charge < -0.3 is 15.4 Å². The van der Waals surface area contributed by atoms with Crippen molar-refractivity contribution < 1.29 is 14.3 Å². The minimum atomic E-state index is -0.252. The molecule has 176 valence electrons. The molecule has 0 saturated heterocycles. The van der Waals surface area contributed by atoms with Crippen molar-refractivity contribution in [2.45, 2.75) is 51.6 Å². The molecule has 2 amide bonds. The van der Waals surface area contributed by atoms with Gasteiger partial charge in [-0.05, 0) is 91.5 Å². The Bertz CT molecular complexity index is 1080. The van der Waals surface area contributed by atoms with Gasteiger partial charge in [0.05, 0.1) is 18.2 Å². The molecule has 0 unspecified atom stereocenters. The molecule has 4 bridgehead atoms. The van der Waals surface area contributed by atoms with Crippen LogP contribution in [0.25, 0.3) is 0 Å². The van der Waals surface area contributed by atoms with Gasteiger partial charge in [-0.15, -0.1) is 0 Å². The highest BCUT2D eigenvalue weighted by atomic mass is 16.5. The molecule has 6 heteroatoms. The van der Waals surface area contributed by atoms with Crippen LogP contribution < -0.4 is 15.4 Å². The van der Waals surface area contributed by atoms with Crippen molar-refractivity contribution in [3.8, 4) is 11.8 Å². The van der Waals surface area contributed by atoms with Gasteiger partial charge in [0.2, 0.25) is 11.8 Å². The predicted octanol–water partition coefficient (Wildman–Crippen LogP) is 4.80. The molecular weight excluding hydrogens is 426 g/mol. The quantitative estimate of drug-likeness (QED) is 0.596. The molecule has 2 aromatic rings. The number of nitrogens with one attached hydrogen (secondary N) is 2. The minimum absolute atomic E-state index is 0.00576. The first-order valence-electron chi connectivity index (χ1n) is 12.3. The van der Waals surface area contributed by atoms with Gasteiger partial charge in [0.15, 0.2) is 0 Å². The van der Waals surface area contributed by atoms with Crippen molar-refractivity contribution in [1.82, 2.24) is 5.32 Å². The molecule has 0 aliphatic heterocycles. The predicted molar refractivity (Wildman–Crippen MR) is 129 cm³/mol. The number of carbonyl (C=O) groups is 2. The van der Waals surface area contributed by atoms with Crippen LogP contribution in [0.5, 0.6) is 5.75 Å². The summed E-state index contributed by atoms with van der Waals surface area (Å²) < 4.78 is 5.82. The molecule has 4 fully saturated rings. The number of ether oxygens (including phenoxy) is 1. The number of rotatable bonds is 8. The second-order valence-corrected chi connectivity index (χ2v) is 10.5. The van der Waals surface area contributed by atoms with E-state index in [-0.39, 0.29) is 23.8 Å². The van der Waals surface area contributed by atoms with Crippen molar-refractivity contribution in [2.24, 2.45) is 23.2 Å². The van der Waals surface area contributed by atoms with E-state index in [0.717, 1.165) is 23.3 Å². The lowest BCUT2D eigenvalue weighted by Gasteiger charge is -2.56. The average Bonchev–Trinajstić information content (AvgIpc) is 2.81. The zero-order chi connectivity index (χ0) is 23.5. The summed E-state index contributed by atoms with van der Waals surface area (Å²) in [5.41, 5.74) is 2.28. The molecule has 6 nitrogen and oxygen atoms in total. The topological polar surface area (TPSA) is 91.2 Å². The van der Waals surface area contributed by atoms with Gasteiger partial charge in [-0.3, -0.25) is 9.59 Å². The summed E-state index contributed by atoms with van der Waals surface area (Å²) in [7, 11) is 0. The van der Waals surface area contributed by atoms with Crippen LogP contribution in [-0.2, 0) is 16.2 Å². The van der Waals surface area contributed by atoms with E-state index in [1.54, 1.807) is 24.3 Å². The fraction of sp³-hybridized carbons (Fsp3) is 0.464. The second-order valence-electron chi connectivity index (χ2n) is 10.5. The summed E-state index contributed by atoms with van der Waals surface area (Å²) in [5, 5.41) is 14.7. The first-order chi connectivity index (χ1) is 16.5. The lowest BCUT2D eigenvalue weighted by atomic mass is 9.49. The van der Waals surface area contributed by atoms with E-state index in [2.05, 4.69) is 16.7 Å². The number of nitriles is 1. The first kappa shape index (κ1) is 22.5. The smallest absolute Gasteiger partial charge is 0.243 e. The highest BCUT2D eigenvalue weighted by Gasteiger charge is 2.51. The van der Waals surface area contributed by atoms with Crippen LogP contribution in [-0.4, -0.2) is 18.4 Å². The van der Waals surface area contributed by atoms with Crippen LogP contribution in [0.15, 0.2) is 48.5 Å². The second kappa shape index (κ2) is 9.50. The third-order valence-corrected chi connectivity index (χ3v) is 7.73. The van der Waals surface area contributed by atoms with Crippen LogP contribution in [0.1, 0.15) is 56.1 Å². The molecular formula is C28H31N3O3. The third-order valence-electron chi connectivity index (χ3n) is 7.73. The molecule has 2 aromatic carbocycles. The average molecular weight is 458 g/mol. The highest BCUT2D eigenvalue weighted by molar-refractivity contribution is 5.94. The van der Waals surface area contributed by atoms with Crippen molar-refractivity contribution in [3.05, 3.63) is 59.7 Å². The van der Waals surface area contributed by atoms with Crippen molar-refractivity contribution in [1.29, 1.82) is 5.26 Å². The largest absolute Gasteiger partial charge is 0.489 e. The summed E-state index contributed by atoms with van der Waals surface area (Å²) in [6.45, 7) is 0.296. The molecule has 4 aliphatic carbocycles. The summed E-state index contributed by atoms with van der Waals surface area (Å²) in [4.78, 5) is 25.1. The van der Waals surface area contributed by atoms with Gasteiger partial charge in [-0.1, -0.05) is 18.2 Å². The van der Waals surface area contributed by atoms with E-state index in [1.165, 1.54) is 38.5 Å². The van der Waals surface area contributed by atoms with Gasteiger partial charge in [-0.2, -0.15) is 5.26 Å². The summed E-state index contributed by atoms with van der Waals surface area (Å²) >= 11 is 0. The Kier molecular flexibility index (Phi) is 6.28. The Labute approximate surface area is 200 Å². The van der Waals surface area contributed by atoms with Gasteiger partial charge >= 0.3 is 0 Å². The lowest BCUT2D eigenvalue weighted by Crippen LogP contribution is -2.48. The number of nitrogens with zero attached hydrogens (tertiary/aromatic N) is 1. The van der Waals surface area contributed by atoms with E-state index in [1.807, 2.05) is 24.3 Å². The minimum Gasteiger partial charge on any atom is -0.489 e. The summed E-state index contributed by atoms with van der Waals surface area (Å²) in [6.07, 6.45) is 8.19. The third kappa shape index (κ3) is 5.25. The van der Waals surface area contributed by atoms with E-state index < -0.39 is 0 Å². The fourth-order valence-corrected chi connectivity index (χ4v) is 6.85. The van der Waals surface area contributed by atoms with Gasteiger partial charge in [-0.25, -0.2) is 0 Å². The molecule has 34 heavy (non-hydrogen) atoms. The zero-order valence-corrected chi connectivity index (χ0v) is 19.4. The molecule has 6 rings (SSSR count). The molecule has 0 radical (unpaired) electrons. The van der Waals surface area contributed by atoms with Gasteiger partial charge in [0.25, 0.3) is 0 Å². The standard InChI is InChI=1S/C28H31N3O3/c29-16-19-3-1-4-20(7-19)18-34-25-6-2-5-24(11-25)31-27(33)17-30-26(32)15-28-12-21-8-22(13-28)10-23(9-21)14-28/h1-7,11,21-23H,8-10,12-15,17-18H2,(H,30,32)(H,31,33). The van der Waals surface area contributed by atoms with Crippen LogP contribution in [0.4, 0.5) is 5.69 Å². The number of hydrogen-bond acceptors (Lipinski definition) is 4.